The smallest absolute Gasteiger partial charge is 0.233 e. The van der Waals surface area contributed by atoms with Crippen molar-refractivity contribution in [3.05, 3.63) is 30.1 Å². The van der Waals surface area contributed by atoms with E-state index in [4.69, 9.17) is 11.2 Å². The van der Waals surface area contributed by atoms with Gasteiger partial charge in [0.2, 0.25) is 13.4 Å². The average molecular weight is 283 g/mol. The van der Waals surface area contributed by atoms with E-state index in [1.54, 1.807) is 24.5 Å². The van der Waals surface area contributed by atoms with Crippen LogP contribution in [0.15, 0.2) is 24.5 Å². The summed E-state index contributed by atoms with van der Waals surface area (Å²) in [6.07, 6.45) is 3.75. The molecule has 104 valence electrons. The van der Waals surface area contributed by atoms with Crippen molar-refractivity contribution in [3.8, 4) is 0 Å². The molecule has 1 aliphatic rings. The molecule has 8 heteroatoms. The lowest BCUT2D eigenvalue weighted by Gasteiger charge is -2.29. The highest BCUT2D eigenvalue weighted by Crippen LogP contribution is 2.43. The topological polar surface area (TPSA) is 123 Å². The lowest BCUT2D eigenvalue weighted by molar-refractivity contribution is -0.121. The molecule has 0 radical (unpaired) electrons. The van der Waals surface area contributed by atoms with E-state index in [0.29, 0.717) is 18.5 Å². The zero-order valence-electron chi connectivity index (χ0n) is 10.5. The summed E-state index contributed by atoms with van der Waals surface area (Å²) < 4.78 is 12.5. The zero-order chi connectivity index (χ0) is 13.9. The number of amides is 1. The van der Waals surface area contributed by atoms with Crippen LogP contribution in [0, 0.1) is 0 Å². The molecule has 1 aromatic heterocycles. The van der Waals surface area contributed by atoms with Gasteiger partial charge >= 0.3 is 0 Å². The largest absolute Gasteiger partial charge is 0.355 e. The minimum absolute atomic E-state index is 0.275. The molecule has 0 aromatic carbocycles. The Morgan fingerprint density at radius 2 is 2.37 bits per heavy atom. The van der Waals surface area contributed by atoms with E-state index in [2.05, 4.69) is 15.4 Å². The van der Waals surface area contributed by atoms with Gasteiger partial charge in [-0.3, -0.25) is 19.8 Å². The van der Waals surface area contributed by atoms with E-state index >= 15 is 0 Å². The molecule has 1 aliphatic heterocycles. The van der Waals surface area contributed by atoms with E-state index in [-0.39, 0.29) is 5.91 Å². The highest BCUT2D eigenvalue weighted by molar-refractivity contribution is 7.61. The third kappa shape index (κ3) is 3.39. The maximum atomic E-state index is 12.5. The van der Waals surface area contributed by atoms with Gasteiger partial charge in [0.05, 0.1) is 6.17 Å². The van der Waals surface area contributed by atoms with Gasteiger partial charge in [-0.15, -0.1) is 0 Å². The van der Waals surface area contributed by atoms with E-state index in [0.717, 1.165) is 6.42 Å². The second-order valence-corrected chi connectivity index (χ2v) is 6.85. The number of nitrogens with one attached hydrogen (secondary N) is 2. The van der Waals surface area contributed by atoms with Crippen molar-refractivity contribution in [2.75, 3.05) is 6.54 Å². The Bertz CT molecular complexity index is 495. The van der Waals surface area contributed by atoms with Crippen LogP contribution in [0.2, 0.25) is 0 Å². The monoisotopic (exact) mass is 283 g/mol. The molecular formula is C11H18N5O2P. The Morgan fingerprint density at radius 3 is 3.00 bits per heavy atom. The highest BCUT2D eigenvalue weighted by atomic mass is 31.2. The van der Waals surface area contributed by atoms with E-state index in [9.17, 15) is 9.36 Å². The van der Waals surface area contributed by atoms with Crippen LogP contribution in [0.1, 0.15) is 24.6 Å². The van der Waals surface area contributed by atoms with Crippen molar-refractivity contribution in [1.29, 1.82) is 0 Å². The normalized spacial score (nSPS) is 24.3. The van der Waals surface area contributed by atoms with Crippen LogP contribution in [-0.4, -0.2) is 23.1 Å². The number of aromatic nitrogens is 1. The fourth-order valence-corrected chi connectivity index (χ4v) is 3.83. The molecule has 3 atom stereocenters. The first kappa shape index (κ1) is 14.1. The molecule has 2 rings (SSSR count). The Kier molecular flexibility index (Phi) is 4.31. The number of carbonyl (C=O) groups excluding carboxylic acids is 1. The molecule has 1 amide bonds. The first-order valence-corrected chi connectivity index (χ1v) is 7.94. The van der Waals surface area contributed by atoms with Crippen LogP contribution in [0.3, 0.4) is 0 Å². The Balaban J connectivity index is 2.08. The summed E-state index contributed by atoms with van der Waals surface area (Å²) in [6.45, 7) is 0.601. The van der Waals surface area contributed by atoms with E-state index < -0.39 is 19.3 Å². The van der Waals surface area contributed by atoms with E-state index in [1.165, 1.54) is 0 Å². The molecule has 19 heavy (non-hydrogen) atoms. The number of nitrogens with zero attached hydrogens (tertiary/aromatic N) is 1. The van der Waals surface area contributed by atoms with Crippen molar-refractivity contribution in [1.82, 2.24) is 15.4 Å². The molecule has 2 unspecified atom stereocenters. The quantitative estimate of drug-likeness (QED) is 0.457. The summed E-state index contributed by atoms with van der Waals surface area (Å²) >= 11 is 0. The van der Waals surface area contributed by atoms with Crippen LogP contribution in [0.4, 0.5) is 0 Å². The molecule has 0 saturated carbocycles. The van der Waals surface area contributed by atoms with Crippen LogP contribution in [0.5, 0.6) is 0 Å². The summed E-state index contributed by atoms with van der Waals surface area (Å²) in [5.74, 6) is -0.275. The standard InChI is InChI=1S/C11H18N5O2P/c12-10(8-3-1-5-14-7-8)16-19(13,18)9-4-2-6-15-11(9)17/h1,3,5,7,9-10H,2,4,6,12H2,(H,15,17)(H3,13,16,18)/t9-,10?,19?/m0/s1. The van der Waals surface area contributed by atoms with Crippen LogP contribution in [0.25, 0.3) is 0 Å². The summed E-state index contributed by atoms with van der Waals surface area (Å²) in [7, 11) is -3.36. The molecule has 1 aromatic rings. The van der Waals surface area contributed by atoms with Gasteiger partial charge in [-0.25, -0.2) is 5.09 Å². The van der Waals surface area contributed by atoms with Gasteiger partial charge in [0, 0.05) is 24.5 Å². The second-order valence-electron chi connectivity index (χ2n) is 4.55. The number of pyridine rings is 1. The van der Waals surface area contributed by atoms with Crippen molar-refractivity contribution in [3.63, 3.8) is 0 Å². The lowest BCUT2D eigenvalue weighted by Crippen LogP contribution is -2.45. The Hall–Kier alpha value is -1.27. The van der Waals surface area contributed by atoms with Crippen molar-refractivity contribution >= 4 is 13.4 Å². The van der Waals surface area contributed by atoms with Gasteiger partial charge in [-0.1, -0.05) is 6.07 Å². The zero-order valence-corrected chi connectivity index (χ0v) is 11.3. The molecule has 1 fully saturated rings. The second kappa shape index (κ2) is 5.79. The molecule has 0 spiro atoms. The molecule has 6 N–H and O–H groups in total. The van der Waals surface area contributed by atoms with Crippen LogP contribution >= 0.6 is 7.44 Å². The number of nitrogens with two attached hydrogens (primary N) is 2. The third-order valence-electron chi connectivity index (χ3n) is 3.10. The van der Waals surface area contributed by atoms with Crippen molar-refractivity contribution < 1.29 is 9.36 Å². The maximum absolute atomic E-state index is 12.5. The summed E-state index contributed by atoms with van der Waals surface area (Å²) in [4.78, 5) is 15.6. The minimum atomic E-state index is -3.36. The number of hydrogen-bond donors (Lipinski definition) is 4. The molecule has 0 aliphatic carbocycles. The molecular weight excluding hydrogens is 265 g/mol. The Labute approximate surface area is 111 Å². The van der Waals surface area contributed by atoms with Gasteiger partial charge in [-0.2, -0.15) is 0 Å². The first-order valence-electron chi connectivity index (χ1n) is 6.10. The maximum Gasteiger partial charge on any atom is 0.233 e. The predicted molar refractivity (Wildman–Crippen MR) is 72.1 cm³/mol. The number of rotatable bonds is 4. The summed E-state index contributed by atoms with van der Waals surface area (Å²) in [5, 5.41) is 5.35. The lowest BCUT2D eigenvalue weighted by atomic mass is 10.1. The SMILES string of the molecule is NC(NP(N)(=O)[C@H]1CCCNC1=O)c1cccnc1. The predicted octanol–water partition coefficient (Wildman–Crippen LogP) is 0.0589. The minimum Gasteiger partial charge on any atom is -0.355 e. The highest BCUT2D eigenvalue weighted by Gasteiger charge is 2.37. The van der Waals surface area contributed by atoms with Gasteiger partial charge in [-0.05, 0) is 18.9 Å². The van der Waals surface area contributed by atoms with Gasteiger partial charge < -0.3 is 11.1 Å². The fourth-order valence-electron chi connectivity index (χ4n) is 2.06. The third-order valence-corrected chi connectivity index (χ3v) is 5.20. The molecule has 7 nitrogen and oxygen atoms in total. The van der Waals surface area contributed by atoms with Crippen LogP contribution in [-0.2, 0) is 9.36 Å². The Morgan fingerprint density at radius 1 is 1.58 bits per heavy atom. The van der Waals surface area contributed by atoms with Crippen molar-refractivity contribution in [2.24, 2.45) is 11.2 Å². The molecule has 0 bridgehead atoms. The average Bonchev–Trinajstić information content (AvgIpc) is 2.39. The fraction of sp³-hybridized carbons (Fsp3) is 0.455. The summed E-state index contributed by atoms with van der Waals surface area (Å²) in [5.41, 5.74) is 11.7. The van der Waals surface area contributed by atoms with Gasteiger partial charge in [0.25, 0.3) is 0 Å². The van der Waals surface area contributed by atoms with Crippen molar-refractivity contribution in [2.45, 2.75) is 24.7 Å². The number of carbonyl (C=O) groups is 1. The number of hydrogen-bond acceptors (Lipinski definition) is 4. The summed E-state index contributed by atoms with van der Waals surface area (Å²) in [6, 6.07) is 3.48. The van der Waals surface area contributed by atoms with Crippen LogP contribution < -0.4 is 21.6 Å². The molecule has 2 heterocycles. The number of piperidine rings is 1. The van der Waals surface area contributed by atoms with Gasteiger partial charge in [0.1, 0.15) is 5.66 Å². The molecule has 1 saturated heterocycles. The first-order chi connectivity index (χ1) is 9.00. The van der Waals surface area contributed by atoms with E-state index in [1.807, 2.05) is 0 Å². The van der Waals surface area contributed by atoms with Gasteiger partial charge in [0.15, 0.2) is 0 Å².